The fraction of sp³-hybridized carbons (Fsp3) is 0.333. The van der Waals surface area contributed by atoms with Crippen molar-refractivity contribution in [3.63, 3.8) is 0 Å². The van der Waals surface area contributed by atoms with Gasteiger partial charge in [-0.05, 0) is 40.9 Å². The summed E-state index contributed by atoms with van der Waals surface area (Å²) < 4.78 is 1.95. The van der Waals surface area contributed by atoms with E-state index in [1.165, 1.54) is 4.68 Å². The second-order valence-electron chi connectivity index (χ2n) is 5.09. The SMILES string of the molecule is CC(C)n1ncc(NCc2ccc(CN)cc2)c(Br)c1=O. The Kier molecular flexibility index (Phi) is 5.14. The highest BCUT2D eigenvalue weighted by molar-refractivity contribution is 9.10. The van der Waals surface area contributed by atoms with Crippen molar-refractivity contribution >= 4 is 21.6 Å². The van der Waals surface area contributed by atoms with Gasteiger partial charge in [-0.1, -0.05) is 24.3 Å². The summed E-state index contributed by atoms with van der Waals surface area (Å²) in [6, 6.07) is 8.08. The van der Waals surface area contributed by atoms with Crippen LogP contribution in [0.5, 0.6) is 0 Å². The molecule has 1 heterocycles. The summed E-state index contributed by atoms with van der Waals surface area (Å²) in [5.41, 5.74) is 8.35. The zero-order valence-corrected chi connectivity index (χ0v) is 13.7. The molecule has 2 aromatic rings. The number of anilines is 1. The number of aromatic nitrogens is 2. The van der Waals surface area contributed by atoms with Crippen molar-refractivity contribution in [3.8, 4) is 0 Å². The molecule has 0 spiro atoms. The highest BCUT2D eigenvalue weighted by Crippen LogP contribution is 2.18. The molecule has 0 aliphatic rings. The van der Waals surface area contributed by atoms with Crippen molar-refractivity contribution in [2.24, 2.45) is 5.73 Å². The summed E-state index contributed by atoms with van der Waals surface area (Å²) >= 11 is 3.34. The van der Waals surface area contributed by atoms with Crippen LogP contribution < -0.4 is 16.6 Å². The third kappa shape index (κ3) is 3.71. The van der Waals surface area contributed by atoms with Gasteiger partial charge in [0.25, 0.3) is 5.56 Å². The lowest BCUT2D eigenvalue weighted by Gasteiger charge is -2.12. The minimum absolute atomic E-state index is 0.0339. The molecule has 0 amide bonds. The van der Waals surface area contributed by atoms with Crippen LogP contribution in [0.1, 0.15) is 31.0 Å². The molecular weight excluding hydrogens is 332 g/mol. The van der Waals surface area contributed by atoms with Crippen molar-refractivity contribution in [3.05, 3.63) is 56.4 Å². The van der Waals surface area contributed by atoms with E-state index in [4.69, 9.17) is 5.73 Å². The summed E-state index contributed by atoms with van der Waals surface area (Å²) in [6.45, 7) is 5.01. The van der Waals surface area contributed by atoms with Crippen molar-refractivity contribution in [1.29, 1.82) is 0 Å². The first-order valence-electron chi connectivity index (χ1n) is 6.82. The predicted molar refractivity (Wildman–Crippen MR) is 88.2 cm³/mol. The van der Waals surface area contributed by atoms with Crippen molar-refractivity contribution in [1.82, 2.24) is 9.78 Å². The van der Waals surface area contributed by atoms with Crippen LogP contribution in [0.25, 0.3) is 0 Å². The molecule has 0 unspecified atom stereocenters. The summed E-state index contributed by atoms with van der Waals surface area (Å²) in [5.74, 6) is 0. The first-order chi connectivity index (χ1) is 10.0. The first-order valence-corrected chi connectivity index (χ1v) is 7.61. The fourth-order valence-corrected chi connectivity index (χ4v) is 2.35. The maximum atomic E-state index is 12.1. The van der Waals surface area contributed by atoms with Gasteiger partial charge in [-0.25, -0.2) is 4.68 Å². The fourth-order valence-electron chi connectivity index (χ4n) is 1.93. The molecule has 112 valence electrons. The summed E-state index contributed by atoms with van der Waals surface area (Å²) in [7, 11) is 0. The molecule has 1 aromatic heterocycles. The molecule has 0 bridgehead atoms. The molecule has 0 radical (unpaired) electrons. The van der Waals surface area contributed by atoms with E-state index < -0.39 is 0 Å². The molecule has 5 nitrogen and oxygen atoms in total. The maximum Gasteiger partial charge on any atom is 0.283 e. The second-order valence-corrected chi connectivity index (χ2v) is 5.88. The molecule has 0 saturated carbocycles. The lowest BCUT2D eigenvalue weighted by molar-refractivity contribution is 0.501. The van der Waals surface area contributed by atoms with E-state index in [2.05, 4.69) is 26.3 Å². The number of nitrogens with two attached hydrogens (primary N) is 1. The molecule has 0 atom stereocenters. The largest absolute Gasteiger partial charge is 0.379 e. The lowest BCUT2D eigenvalue weighted by atomic mass is 10.1. The highest BCUT2D eigenvalue weighted by Gasteiger charge is 2.10. The van der Waals surface area contributed by atoms with Crippen LogP contribution in [0.3, 0.4) is 0 Å². The molecule has 0 aliphatic heterocycles. The lowest BCUT2D eigenvalue weighted by Crippen LogP contribution is -2.26. The van der Waals surface area contributed by atoms with Gasteiger partial charge in [-0.2, -0.15) is 5.10 Å². The number of nitrogens with one attached hydrogen (secondary N) is 1. The van der Waals surface area contributed by atoms with E-state index >= 15 is 0 Å². The Morgan fingerprint density at radius 1 is 1.29 bits per heavy atom. The van der Waals surface area contributed by atoms with E-state index in [0.717, 1.165) is 11.1 Å². The Bertz CT molecular complexity index is 664. The quantitative estimate of drug-likeness (QED) is 0.869. The van der Waals surface area contributed by atoms with Crippen LogP contribution in [0, 0.1) is 0 Å². The van der Waals surface area contributed by atoms with Gasteiger partial charge in [0.05, 0.1) is 17.9 Å². The van der Waals surface area contributed by atoms with E-state index in [9.17, 15) is 4.79 Å². The molecule has 6 heteroatoms. The number of benzene rings is 1. The summed E-state index contributed by atoms with van der Waals surface area (Å²) in [4.78, 5) is 12.1. The van der Waals surface area contributed by atoms with Gasteiger partial charge in [-0.15, -0.1) is 0 Å². The molecule has 1 aromatic carbocycles. The molecule has 0 fully saturated rings. The van der Waals surface area contributed by atoms with Crippen LogP contribution in [0.15, 0.2) is 39.7 Å². The third-order valence-corrected chi connectivity index (χ3v) is 3.94. The summed E-state index contributed by atoms with van der Waals surface area (Å²) in [6.07, 6.45) is 1.67. The van der Waals surface area contributed by atoms with Crippen LogP contribution in [-0.4, -0.2) is 9.78 Å². The van der Waals surface area contributed by atoms with Gasteiger partial charge < -0.3 is 11.1 Å². The standard InChI is InChI=1S/C15H19BrN4O/c1-10(2)20-15(21)14(16)13(9-19-20)18-8-12-5-3-11(7-17)4-6-12/h3-6,9-10,18H,7-8,17H2,1-2H3. The van der Waals surface area contributed by atoms with Gasteiger partial charge >= 0.3 is 0 Å². The Labute approximate surface area is 132 Å². The number of rotatable bonds is 5. The topological polar surface area (TPSA) is 72.9 Å². The average Bonchev–Trinajstić information content (AvgIpc) is 2.49. The number of halogens is 1. The van der Waals surface area contributed by atoms with E-state index in [1.807, 2.05) is 38.1 Å². The predicted octanol–water partition coefficient (Wildman–Crippen LogP) is 2.66. The zero-order chi connectivity index (χ0) is 15.4. The van der Waals surface area contributed by atoms with Crippen molar-refractivity contribution in [2.75, 3.05) is 5.32 Å². The molecule has 0 saturated heterocycles. The van der Waals surface area contributed by atoms with Gasteiger partial charge in [0.1, 0.15) is 4.47 Å². The van der Waals surface area contributed by atoms with Crippen LogP contribution >= 0.6 is 15.9 Å². The van der Waals surface area contributed by atoms with Gasteiger partial charge in [0, 0.05) is 13.1 Å². The molecule has 2 rings (SSSR count). The second kappa shape index (κ2) is 6.87. The Hall–Kier alpha value is -1.66. The van der Waals surface area contributed by atoms with Gasteiger partial charge in [-0.3, -0.25) is 4.79 Å². The van der Waals surface area contributed by atoms with Crippen LogP contribution in [-0.2, 0) is 13.1 Å². The van der Waals surface area contributed by atoms with E-state index in [-0.39, 0.29) is 11.6 Å². The minimum Gasteiger partial charge on any atom is -0.379 e. The maximum absolute atomic E-state index is 12.1. The zero-order valence-electron chi connectivity index (χ0n) is 12.1. The smallest absolute Gasteiger partial charge is 0.283 e. The number of hydrogen-bond acceptors (Lipinski definition) is 4. The minimum atomic E-state index is -0.131. The highest BCUT2D eigenvalue weighted by atomic mass is 79.9. The monoisotopic (exact) mass is 350 g/mol. The normalized spacial score (nSPS) is 10.9. The van der Waals surface area contributed by atoms with Gasteiger partial charge in [0.15, 0.2) is 0 Å². The Morgan fingerprint density at radius 2 is 1.90 bits per heavy atom. The first kappa shape index (κ1) is 15.7. The average molecular weight is 351 g/mol. The number of hydrogen-bond donors (Lipinski definition) is 2. The van der Waals surface area contributed by atoms with Crippen LogP contribution in [0.2, 0.25) is 0 Å². The molecule has 3 N–H and O–H groups in total. The third-order valence-electron chi connectivity index (χ3n) is 3.17. The van der Waals surface area contributed by atoms with Crippen molar-refractivity contribution < 1.29 is 0 Å². The van der Waals surface area contributed by atoms with Crippen LogP contribution in [0.4, 0.5) is 5.69 Å². The number of nitrogens with zero attached hydrogens (tertiary/aromatic N) is 2. The van der Waals surface area contributed by atoms with E-state index in [1.54, 1.807) is 6.20 Å². The molecular formula is C15H19BrN4O. The van der Waals surface area contributed by atoms with E-state index in [0.29, 0.717) is 23.2 Å². The molecule has 21 heavy (non-hydrogen) atoms. The Balaban J connectivity index is 2.13. The Morgan fingerprint density at radius 3 is 2.48 bits per heavy atom. The van der Waals surface area contributed by atoms with Gasteiger partial charge in [0.2, 0.25) is 0 Å². The van der Waals surface area contributed by atoms with Crippen molar-refractivity contribution in [2.45, 2.75) is 33.0 Å². The molecule has 0 aliphatic carbocycles. The summed E-state index contributed by atoms with van der Waals surface area (Å²) in [5, 5.41) is 7.39.